The Labute approximate surface area is 84.4 Å². The molecule has 0 radical (unpaired) electrons. The summed E-state index contributed by atoms with van der Waals surface area (Å²) in [6, 6.07) is 7.97. The fourth-order valence-corrected chi connectivity index (χ4v) is 1.29. The maximum Gasteiger partial charge on any atom is 0.118 e. The highest BCUT2D eigenvalue weighted by molar-refractivity contribution is 5.53. The minimum Gasteiger partial charge on any atom is -0.497 e. The summed E-state index contributed by atoms with van der Waals surface area (Å²) in [4.78, 5) is 0. The molecule has 74 valence electrons. The Morgan fingerprint density at radius 3 is 2.43 bits per heavy atom. The first-order valence-electron chi connectivity index (χ1n) is 4.84. The van der Waals surface area contributed by atoms with Crippen LogP contribution in [0.15, 0.2) is 30.3 Å². The van der Waals surface area contributed by atoms with Crippen LogP contribution >= 0.6 is 0 Å². The highest BCUT2D eigenvalue weighted by Crippen LogP contribution is 2.34. The van der Waals surface area contributed by atoms with Gasteiger partial charge in [-0.2, -0.15) is 0 Å². The van der Waals surface area contributed by atoms with Crippen LogP contribution in [0.25, 0.3) is 6.08 Å². The maximum absolute atomic E-state index is 5.94. The monoisotopic (exact) mass is 189 g/mol. The van der Waals surface area contributed by atoms with E-state index in [0.717, 1.165) is 18.6 Å². The zero-order valence-electron chi connectivity index (χ0n) is 8.36. The molecule has 1 aliphatic carbocycles. The number of ether oxygens (including phenoxy) is 1. The second kappa shape index (κ2) is 3.46. The van der Waals surface area contributed by atoms with Gasteiger partial charge in [0.1, 0.15) is 5.75 Å². The third-order valence-electron chi connectivity index (χ3n) is 2.55. The summed E-state index contributed by atoms with van der Waals surface area (Å²) in [5.41, 5.74) is 7.09. The molecule has 0 aliphatic heterocycles. The second-order valence-corrected chi connectivity index (χ2v) is 3.84. The maximum atomic E-state index is 5.94. The van der Waals surface area contributed by atoms with Crippen LogP contribution in [0.1, 0.15) is 18.4 Å². The summed E-state index contributed by atoms with van der Waals surface area (Å²) >= 11 is 0. The van der Waals surface area contributed by atoms with Crippen molar-refractivity contribution in [2.24, 2.45) is 5.73 Å². The molecule has 0 heterocycles. The number of benzene rings is 1. The minimum atomic E-state index is -0.0140. The second-order valence-electron chi connectivity index (χ2n) is 3.84. The van der Waals surface area contributed by atoms with Gasteiger partial charge >= 0.3 is 0 Å². The molecule has 1 fully saturated rings. The number of hydrogen-bond donors (Lipinski definition) is 1. The molecule has 0 saturated heterocycles. The molecule has 1 aromatic carbocycles. The van der Waals surface area contributed by atoms with E-state index < -0.39 is 0 Å². The van der Waals surface area contributed by atoms with Gasteiger partial charge in [-0.05, 0) is 30.5 Å². The molecular formula is C12H15NO. The zero-order chi connectivity index (χ0) is 10.0. The lowest BCUT2D eigenvalue weighted by atomic mass is 10.1. The fourth-order valence-electron chi connectivity index (χ4n) is 1.29. The first kappa shape index (κ1) is 9.28. The molecule has 1 aliphatic rings. The van der Waals surface area contributed by atoms with Gasteiger partial charge in [-0.25, -0.2) is 0 Å². The molecule has 2 N–H and O–H groups in total. The van der Waals surface area contributed by atoms with E-state index in [1.165, 1.54) is 5.56 Å². The van der Waals surface area contributed by atoms with Crippen molar-refractivity contribution in [2.45, 2.75) is 18.4 Å². The van der Waals surface area contributed by atoms with Crippen LogP contribution in [0, 0.1) is 0 Å². The Balaban J connectivity index is 2.06. The largest absolute Gasteiger partial charge is 0.497 e. The van der Waals surface area contributed by atoms with Crippen molar-refractivity contribution in [1.82, 2.24) is 0 Å². The van der Waals surface area contributed by atoms with Gasteiger partial charge < -0.3 is 10.5 Å². The molecule has 0 bridgehead atoms. The van der Waals surface area contributed by atoms with Crippen LogP contribution in [-0.2, 0) is 0 Å². The lowest BCUT2D eigenvalue weighted by molar-refractivity contribution is 0.415. The molecule has 0 aromatic heterocycles. The summed E-state index contributed by atoms with van der Waals surface area (Å²) in [5, 5.41) is 0. The molecule has 1 aromatic rings. The van der Waals surface area contributed by atoms with Gasteiger partial charge in [-0.1, -0.05) is 24.3 Å². The smallest absolute Gasteiger partial charge is 0.118 e. The average molecular weight is 189 g/mol. The fraction of sp³-hybridized carbons (Fsp3) is 0.333. The number of nitrogens with two attached hydrogens (primary N) is 1. The van der Waals surface area contributed by atoms with E-state index in [0.29, 0.717) is 0 Å². The van der Waals surface area contributed by atoms with Gasteiger partial charge in [-0.3, -0.25) is 0 Å². The summed E-state index contributed by atoms with van der Waals surface area (Å²) in [7, 11) is 1.67. The van der Waals surface area contributed by atoms with Gasteiger partial charge in [0.05, 0.1) is 7.11 Å². The zero-order valence-corrected chi connectivity index (χ0v) is 8.36. The molecule has 14 heavy (non-hydrogen) atoms. The van der Waals surface area contributed by atoms with Crippen molar-refractivity contribution < 1.29 is 4.74 Å². The lowest BCUT2D eigenvalue weighted by Gasteiger charge is -2.01. The van der Waals surface area contributed by atoms with E-state index in [-0.39, 0.29) is 5.54 Å². The molecule has 0 atom stereocenters. The van der Waals surface area contributed by atoms with Gasteiger partial charge in [0.15, 0.2) is 0 Å². The van der Waals surface area contributed by atoms with Crippen molar-refractivity contribution >= 4 is 6.08 Å². The summed E-state index contributed by atoms with van der Waals surface area (Å²) in [6.07, 6.45) is 6.39. The van der Waals surface area contributed by atoms with Crippen molar-refractivity contribution in [3.63, 3.8) is 0 Å². The summed E-state index contributed by atoms with van der Waals surface area (Å²) < 4.78 is 5.08. The van der Waals surface area contributed by atoms with Crippen LogP contribution < -0.4 is 10.5 Å². The third kappa shape index (κ3) is 2.15. The Kier molecular flexibility index (Phi) is 2.30. The Morgan fingerprint density at radius 2 is 1.93 bits per heavy atom. The van der Waals surface area contributed by atoms with Crippen LogP contribution in [0.3, 0.4) is 0 Å². The SMILES string of the molecule is COc1ccc(/C=C/C2(N)CC2)cc1. The van der Waals surface area contributed by atoms with E-state index in [1.54, 1.807) is 7.11 Å². The Bertz CT molecular complexity index is 336. The molecule has 0 spiro atoms. The molecule has 0 amide bonds. The van der Waals surface area contributed by atoms with Crippen LogP contribution in [-0.4, -0.2) is 12.6 Å². The number of rotatable bonds is 3. The van der Waals surface area contributed by atoms with E-state index in [1.807, 2.05) is 24.3 Å². The molecule has 2 rings (SSSR count). The van der Waals surface area contributed by atoms with Crippen molar-refractivity contribution in [3.05, 3.63) is 35.9 Å². The summed E-state index contributed by atoms with van der Waals surface area (Å²) in [6.45, 7) is 0. The van der Waals surface area contributed by atoms with E-state index >= 15 is 0 Å². The number of hydrogen-bond acceptors (Lipinski definition) is 2. The van der Waals surface area contributed by atoms with E-state index in [9.17, 15) is 0 Å². The Morgan fingerprint density at radius 1 is 1.29 bits per heavy atom. The van der Waals surface area contributed by atoms with Gasteiger partial charge in [0, 0.05) is 5.54 Å². The van der Waals surface area contributed by atoms with Crippen molar-refractivity contribution in [1.29, 1.82) is 0 Å². The van der Waals surface area contributed by atoms with Crippen molar-refractivity contribution in [3.8, 4) is 5.75 Å². The van der Waals surface area contributed by atoms with Gasteiger partial charge in [0.25, 0.3) is 0 Å². The molecule has 2 heteroatoms. The minimum absolute atomic E-state index is 0.0140. The van der Waals surface area contributed by atoms with Crippen LogP contribution in [0.5, 0.6) is 5.75 Å². The topological polar surface area (TPSA) is 35.2 Å². The first-order valence-corrected chi connectivity index (χ1v) is 4.84. The molecular weight excluding hydrogens is 174 g/mol. The predicted octanol–water partition coefficient (Wildman–Crippen LogP) is 2.20. The first-order chi connectivity index (χ1) is 6.72. The van der Waals surface area contributed by atoms with Crippen molar-refractivity contribution in [2.75, 3.05) is 7.11 Å². The highest BCUT2D eigenvalue weighted by atomic mass is 16.5. The molecule has 2 nitrogen and oxygen atoms in total. The quantitative estimate of drug-likeness (QED) is 0.791. The highest BCUT2D eigenvalue weighted by Gasteiger charge is 2.34. The van der Waals surface area contributed by atoms with Crippen LogP contribution in [0.2, 0.25) is 0 Å². The van der Waals surface area contributed by atoms with E-state index in [4.69, 9.17) is 10.5 Å². The van der Waals surface area contributed by atoms with E-state index in [2.05, 4.69) is 12.2 Å². The number of methoxy groups -OCH3 is 1. The molecule has 0 unspecified atom stereocenters. The normalized spacial score (nSPS) is 18.4. The average Bonchev–Trinajstić information content (AvgIpc) is 2.95. The lowest BCUT2D eigenvalue weighted by Crippen LogP contribution is -2.17. The standard InChI is InChI=1S/C12H15NO/c1-14-11-4-2-10(3-5-11)6-7-12(13)8-9-12/h2-7H,8-9,13H2,1H3/b7-6+. The van der Waals surface area contributed by atoms with Gasteiger partial charge in [-0.15, -0.1) is 0 Å². The third-order valence-corrected chi connectivity index (χ3v) is 2.55. The summed E-state index contributed by atoms with van der Waals surface area (Å²) in [5.74, 6) is 0.885. The van der Waals surface area contributed by atoms with Crippen LogP contribution in [0.4, 0.5) is 0 Å². The predicted molar refractivity (Wildman–Crippen MR) is 58.2 cm³/mol. The Hall–Kier alpha value is -1.28. The molecule has 1 saturated carbocycles. The van der Waals surface area contributed by atoms with Gasteiger partial charge in [0.2, 0.25) is 0 Å².